The van der Waals surface area contributed by atoms with Gasteiger partial charge in [0.25, 0.3) is 0 Å². The number of hydrogen-bond acceptors (Lipinski definition) is 5. The van der Waals surface area contributed by atoms with Gasteiger partial charge in [0.05, 0.1) is 30.6 Å². The Labute approximate surface area is 122 Å². The molecule has 1 aliphatic rings. The van der Waals surface area contributed by atoms with Crippen LogP contribution in [0.4, 0.5) is 0 Å². The summed E-state index contributed by atoms with van der Waals surface area (Å²) in [5.41, 5.74) is 1.21. The number of nitrogens with zero attached hydrogens (tertiary/aromatic N) is 4. The van der Waals surface area contributed by atoms with E-state index >= 15 is 0 Å². The molecule has 3 heterocycles. The zero-order valence-corrected chi connectivity index (χ0v) is 12.7. The predicted octanol–water partition coefficient (Wildman–Crippen LogP) is 0.214. The molecule has 1 fully saturated rings. The molecule has 0 aromatic carbocycles. The monoisotopic (exact) mass is 311 g/mol. The van der Waals surface area contributed by atoms with Crippen molar-refractivity contribution in [1.29, 1.82) is 0 Å². The highest BCUT2D eigenvalue weighted by Crippen LogP contribution is 2.30. The summed E-state index contributed by atoms with van der Waals surface area (Å²) in [6, 6.07) is 1.36. The van der Waals surface area contributed by atoms with E-state index in [2.05, 4.69) is 15.3 Å². The smallest absolute Gasteiger partial charge is 0.247 e. The second kappa shape index (κ2) is 5.24. The topological polar surface area (TPSA) is 93.1 Å². The molecule has 0 spiro atoms. The first kappa shape index (κ1) is 14.2. The van der Waals surface area contributed by atoms with Crippen molar-refractivity contribution < 1.29 is 13.2 Å². The van der Waals surface area contributed by atoms with E-state index in [1.165, 1.54) is 15.2 Å². The van der Waals surface area contributed by atoms with Crippen molar-refractivity contribution >= 4 is 10.0 Å². The number of morpholine rings is 1. The normalized spacial score (nSPS) is 20.8. The Morgan fingerprint density at radius 2 is 2.29 bits per heavy atom. The van der Waals surface area contributed by atoms with Gasteiger partial charge in [0.2, 0.25) is 10.0 Å². The minimum Gasteiger partial charge on any atom is -0.378 e. The Bertz CT molecular complexity index is 722. The fourth-order valence-corrected chi connectivity index (χ4v) is 4.31. The van der Waals surface area contributed by atoms with Crippen LogP contribution in [0.25, 0.3) is 0 Å². The molecule has 0 saturated carbocycles. The van der Waals surface area contributed by atoms with E-state index in [1.54, 1.807) is 26.2 Å². The number of aromatic amines is 1. The van der Waals surface area contributed by atoms with E-state index in [9.17, 15) is 8.42 Å². The minimum atomic E-state index is -3.62. The third kappa shape index (κ3) is 2.47. The van der Waals surface area contributed by atoms with Crippen LogP contribution < -0.4 is 0 Å². The summed E-state index contributed by atoms with van der Waals surface area (Å²) in [5.74, 6) is 0. The lowest BCUT2D eigenvalue weighted by atomic mass is 10.2. The van der Waals surface area contributed by atoms with E-state index in [-0.39, 0.29) is 4.90 Å². The Balaban J connectivity index is 2.01. The standard InChI is InChI=1S/C12H17N5O3S/c1-9-12(7-16(2)15-9)21(18,19)17-5-6-20-8-11(17)10-3-4-13-14-10/h3-4,7,11H,5-6,8H2,1-2H3,(H,13,14)/t11-/m1/s1. The van der Waals surface area contributed by atoms with E-state index < -0.39 is 16.1 Å². The van der Waals surface area contributed by atoms with Crippen LogP contribution >= 0.6 is 0 Å². The van der Waals surface area contributed by atoms with Gasteiger partial charge in [-0.15, -0.1) is 0 Å². The van der Waals surface area contributed by atoms with Crippen molar-refractivity contribution in [2.45, 2.75) is 17.9 Å². The van der Waals surface area contributed by atoms with Crippen molar-refractivity contribution in [2.24, 2.45) is 7.05 Å². The third-order valence-corrected chi connectivity index (χ3v) is 5.53. The Hall–Kier alpha value is -1.71. The molecule has 2 aromatic rings. The molecule has 1 N–H and O–H groups in total. The number of H-pyrrole nitrogens is 1. The van der Waals surface area contributed by atoms with E-state index in [1.807, 2.05) is 0 Å². The largest absolute Gasteiger partial charge is 0.378 e. The van der Waals surface area contributed by atoms with E-state index in [0.717, 1.165) is 5.69 Å². The van der Waals surface area contributed by atoms with E-state index in [4.69, 9.17) is 4.74 Å². The van der Waals surface area contributed by atoms with Gasteiger partial charge in [-0.2, -0.15) is 14.5 Å². The van der Waals surface area contributed by atoms with Gasteiger partial charge in [-0.3, -0.25) is 9.78 Å². The summed E-state index contributed by atoms with van der Waals surface area (Å²) >= 11 is 0. The maximum Gasteiger partial charge on any atom is 0.247 e. The Morgan fingerprint density at radius 1 is 1.48 bits per heavy atom. The van der Waals surface area contributed by atoms with Gasteiger partial charge in [-0.25, -0.2) is 8.42 Å². The number of aryl methyl sites for hydroxylation is 2. The molecular weight excluding hydrogens is 294 g/mol. The van der Waals surface area contributed by atoms with Crippen molar-refractivity contribution in [3.63, 3.8) is 0 Å². The van der Waals surface area contributed by atoms with Crippen LogP contribution in [0, 0.1) is 6.92 Å². The highest BCUT2D eigenvalue weighted by molar-refractivity contribution is 7.89. The molecule has 1 atom stereocenters. The molecule has 3 rings (SSSR count). The second-order valence-corrected chi connectivity index (χ2v) is 6.83. The summed E-state index contributed by atoms with van der Waals surface area (Å²) < 4.78 is 34.2. The lowest BCUT2D eigenvalue weighted by Crippen LogP contribution is -2.43. The number of sulfonamides is 1. The second-order valence-electron chi connectivity index (χ2n) is 4.97. The molecule has 114 valence electrons. The molecule has 8 nitrogen and oxygen atoms in total. The van der Waals surface area contributed by atoms with Gasteiger partial charge in [0.15, 0.2) is 0 Å². The minimum absolute atomic E-state index is 0.233. The maximum absolute atomic E-state index is 12.9. The number of aromatic nitrogens is 4. The van der Waals surface area contributed by atoms with Crippen molar-refractivity contribution in [3.05, 3.63) is 29.8 Å². The summed E-state index contributed by atoms with van der Waals surface area (Å²) in [6.07, 6.45) is 3.13. The quantitative estimate of drug-likeness (QED) is 0.875. The average Bonchev–Trinajstić information content (AvgIpc) is 3.08. The third-order valence-electron chi connectivity index (χ3n) is 3.52. The first-order chi connectivity index (χ1) is 10.00. The molecule has 0 unspecified atom stereocenters. The lowest BCUT2D eigenvalue weighted by Gasteiger charge is -2.33. The molecule has 0 amide bonds. The van der Waals surface area contributed by atoms with Crippen LogP contribution in [-0.2, 0) is 21.8 Å². The summed E-state index contributed by atoms with van der Waals surface area (Å²) in [5, 5.41) is 10.8. The molecule has 1 aliphatic heterocycles. The Kier molecular flexibility index (Phi) is 3.56. The van der Waals surface area contributed by atoms with Crippen LogP contribution in [0.15, 0.2) is 23.4 Å². The number of ether oxygens (including phenoxy) is 1. The van der Waals surface area contributed by atoms with Crippen LogP contribution in [-0.4, -0.2) is 52.5 Å². The van der Waals surface area contributed by atoms with Gasteiger partial charge >= 0.3 is 0 Å². The molecule has 0 radical (unpaired) electrons. The highest BCUT2D eigenvalue weighted by Gasteiger charge is 2.37. The van der Waals surface area contributed by atoms with Crippen LogP contribution in [0.2, 0.25) is 0 Å². The first-order valence-corrected chi connectivity index (χ1v) is 8.03. The van der Waals surface area contributed by atoms with Crippen molar-refractivity contribution in [1.82, 2.24) is 24.3 Å². The van der Waals surface area contributed by atoms with Crippen LogP contribution in [0.1, 0.15) is 17.4 Å². The van der Waals surface area contributed by atoms with Gasteiger partial charge < -0.3 is 4.74 Å². The summed E-state index contributed by atoms with van der Waals surface area (Å²) in [4.78, 5) is 0.233. The number of hydrogen-bond donors (Lipinski definition) is 1. The molecular formula is C12H17N5O3S. The molecule has 2 aromatic heterocycles. The fraction of sp³-hybridized carbons (Fsp3) is 0.500. The maximum atomic E-state index is 12.9. The van der Waals surface area contributed by atoms with Crippen LogP contribution in [0.3, 0.4) is 0 Å². The first-order valence-electron chi connectivity index (χ1n) is 6.59. The zero-order valence-electron chi connectivity index (χ0n) is 11.9. The lowest BCUT2D eigenvalue weighted by molar-refractivity contribution is 0.0305. The molecule has 0 aliphatic carbocycles. The predicted molar refractivity (Wildman–Crippen MR) is 74.0 cm³/mol. The molecule has 21 heavy (non-hydrogen) atoms. The van der Waals surface area contributed by atoms with E-state index in [0.29, 0.717) is 25.5 Å². The highest BCUT2D eigenvalue weighted by atomic mass is 32.2. The van der Waals surface area contributed by atoms with Gasteiger partial charge in [-0.05, 0) is 13.0 Å². The molecule has 0 bridgehead atoms. The SMILES string of the molecule is Cc1nn(C)cc1S(=O)(=O)N1CCOC[C@@H]1c1ccn[nH]1. The zero-order chi connectivity index (χ0) is 15.0. The van der Waals surface area contributed by atoms with Crippen molar-refractivity contribution in [3.8, 4) is 0 Å². The number of rotatable bonds is 3. The average molecular weight is 311 g/mol. The van der Waals surface area contributed by atoms with Gasteiger partial charge in [0.1, 0.15) is 4.90 Å². The van der Waals surface area contributed by atoms with Gasteiger partial charge in [-0.1, -0.05) is 0 Å². The Morgan fingerprint density at radius 3 is 2.90 bits per heavy atom. The fourth-order valence-electron chi connectivity index (χ4n) is 2.53. The number of nitrogens with one attached hydrogen (secondary N) is 1. The summed E-state index contributed by atoms with van der Waals surface area (Å²) in [6.45, 7) is 2.68. The van der Waals surface area contributed by atoms with Gasteiger partial charge in [0, 0.05) is 26.0 Å². The van der Waals surface area contributed by atoms with Crippen molar-refractivity contribution in [2.75, 3.05) is 19.8 Å². The molecule has 9 heteroatoms. The summed E-state index contributed by atoms with van der Waals surface area (Å²) in [7, 11) is -1.92. The molecule has 1 saturated heterocycles. The van der Waals surface area contributed by atoms with Crippen LogP contribution in [0.5, 0.6) is 0 Å².